The minimum Gasteiger partial charge on any atom is -0.276 e. The van der Waals surface area contributed by atoms with E-state index in [-0.39, 0.29) is 6.04 Å². The first-order valence-corrected chi connectivity index (χ1v) is 6.04. The molecule has 3 N–H and O–H groups in total. The summed E-state index contributed by atoms with van der Waals surface area (Å²) in [5, 5.41) is 8.51. The number of hydrogen-bond acceptors (Lipinski definition) is 4. The highest BCUT2D eigenvalue weighted by molar-refractivity contribution is 5.14. The molecule has 2 rings (SSSR count). The zero-order valence-corrected chi connectivity index (χ0v) is 11.1. The molecule has 0 fully saturated rings. The Balaban J connectivity index is 2.03. The number of hydrazine groups is 1. The summed E-state index contributed by atoms with van der Waals surface area (Å²) in [5.74, 6) is 5.64. The zero-order valence-electron chi connectivity index (χ0n) is 11.1. The summed E-state index contributed by atoms with van der Waals surface area (Å²) >= 11 is 0. The summed E-state index contributed by atoms with van der Waals surface area (Å²) in [5.41, 5.74) is 6.20. The molecule has 0 aromatic carbocycles. The Morgan fingerprint density at radius 1 is 1.44 bits per heavy atom. The molecule has 0 spiro atoms. The Morgan fingerprint density at radius 2 is 2.22 bits per heavy atom. The topological polar surface area (TPSA) is 73.7 Å². The Bertz CT molecular complexity index is 512. The lowest BCUT2D eigenvalue weighted by Gasteiger charge is -2.15. The molecule has 0 radical (unpaired) electrons. The second-order valence-corrected chi connectivity index (χ2v) is 4.61. The van der Waals surface area contributed by atoms with Gasteiger partial charge in [-0.25, -0.2) is 0 Å². The predicted molar refractivity (Wildman–Crippen MR) is 69.5 cm³/mol. The van der Waals surface area contributed by atoms with Gasteiger partial charge in [0, 0.05) is 20.3 Å². The van der Waals surface area contributed by atoms with Crippen molar-refractivity contribution in [3.8, 4) is 0 Å². The zero-order chi connectivity index (χ0) is 13.1. The molecule has 6 nitrogen and oxygen atoms in total. The van der Waals surface area contributed by atoms with Gasteiger partial charge in [0.05, 0.1) is 23.6 Å². The first-order chi connectivity index (χ1) is 8.60. The van der Waals surface area contributed by atoms with Crippen molar-refractivity contribution in [1.82, 2.24) is 25.0 Å². The van der Waals surface area contributed by atoms with Gasteiger partial charge >= 0.3 is 0 Å². The average Bonchev–Trinajstić information content (AvgIpc) is 2.87. The van der Waals surface area contributed by atoms with E-state index in [0.717, 1.165) is 24.2 Å². The molecule has 1 unspecified atom stereocenters. The van der Waals surface area contributed by atoms with Crippen LogP contribution in [-0.4, -0.2) is 19.6 Å². The number of aromatic nitrogens is 4. The van der Waals surface area contributed by atoms with Crippen LogP contribution in [0.4, 0.5) is 0 Å². The molecular weight excluding hydrogens is 228 g/mol. The molecule has 6 heteroatoms. The van der Waals surface area contributed by atoms with Crippen LogP contribution in [0, 0.1) is 6.92 Å². The van der Waals surface area contributed by atoms with Gasteiger partial charge in [0.1, 0.15) is 0 Å². The van der Waals surface area contributed by atoms with Crippen LogP contribution in [-0.2, 0) is 20.5 Å². The van der Waals surface area contributed by atoms with Crippen LogP contribution in [0.5, 0.6) is 0 Å². The van der Waals surface area contributed by atoms with E-state index in [1.54, 1.807) is 0 Å². The Kier molecular flexibility index (Phi) is 3.78. The lowest BCUT2D eigenvalue weighted by atomic mass is 10.1. The molecule has 2 heterocycles. The number of hydrogen-bond donors (Lipinski definition) is 2. The molecular formula is C12H20N6. The van der Waals surface area contributed by atoms with Crippen LogP contribution in [0.3, 0.4) is 0 Å². The highest BCUT2D eigenvalue weighted by Gasteiger charge is 2.14. The normalized spacial score (nSPS) is 12.9. The first kappa shape index (κ1) is 12.8. The summed E-state index contributed by atoms with van der Waals surface area (Å²) in [4.78, 5) is 0. The van der Waals surface area contributed by atoms with Gasteiger partial charge in [-0.2, -0.15) is 10.2 Å². The van der Waals surface area contributed by atoms with E-state index >= 15 is 0 Å². The van der Waals surface area contributed by atoms with E-state index in [2.05, 4.69) is 21.7 Å². The van der Waals surface area contributed by atoms with Crippen LogP contribution in [0.15, 0.2) is 18.5 Å². The standard InChI is InChI=1S/C12H20N6/c1-9-6-12(18(3)16-9)11(15-13)5-4-10-7-14-17(2)8-10/h6-8,11,15H,4-5,13H2,1-3H3. The fraction of sp³-hybridized carbons (Fsp3) is 0.500. The van der Waals surface area contributed by atoms with Gasteiger partial charge in [-0.05, 0) is 31.4 Å². The third kappa shape index (κ3) is 2.77. The molecule has 0 saturated carbocycles. The smallest absolute Gasteiger partial charge is 0.0632 e. The summed E-state index contributed by atoms with van der Waals surface area (Å²) in [7, 11) is 3.86. The number of rotatable bonds is 5. The number of nitrogens with one attached hydrogen (secondary N) is 1. The Hall–Kier alpha value is -1.66. The van der Waals surface area contributed by atoms with Gasteiger partial charge in [-0.1, -0.05) is 0 Å². The van der Waals surface area contributed by atoms with E-state index in [0.29, 0.717) is 0 Å². The van der Waals surface area contributed by atoms with Gasteiger partial charge in [0.15, 0.2) is 0 Å². The van der Waals surface area contributed by atoms with Crippen molar-refractivity contribution in [3.05, 3.63) is 35.4 Å². The fourth-order valence-corrected chi connectivity index (χ4v) is 2.19. The maximum absolute atomic E-state index is 5.64. The third-order valence-corrected chi connectivity index (χ3v) is 3.08. The highest BCUT2D eigenvalue weighted by atomic mass is 15.3. The molecule has 0 aliphatic rings. The maximum Gasteiger partial charge on any atom is 0.0632 e. The second kappa shape index (κ2) is 5.32. The predicted octanol–water partition coefficient (Wildman–Crippen LogP) is 0.599. The van der Waals surface area contributed by atoms with Crippen molar-refractivity contribution in [2.24, 2.45) is 19.9 Å². The molecule has 2 aromatic heterocycles. The largest absolute Gasteiger partial charge is 0.276 e. The molecule has 0 bridgehead atoms. The van der Waals surface area contributed by atoms with Crippen molar-refractivity contribution in [2.75, 3.05) is 0 Å². The quantitative estimate of drug-likeness (QED) is 0.600. The van der Waals surface area contributed by atoms with Crippen LogP contribution in [0.25, 0.3) is 0 Å². The van der Waals surface area contributed by atoms with Crippen molar-refractivity contribution in [3.63, 3.8) is 0 Å². The van der Waals surface area contributed by atoms with E-state index in [9.17, 15) is 0 Å². The highest BCUT2D eigenvalue weighted by Crippen LogP contribution is 2.18. The number of nitrogens with two attached hydrogens (primary N) is 1. The minimum absolute atomic E-state index is 0.108. The second-order valence-electron chi connectivity index (χ2n) is 4.61. The fourth-order valence-electron chi connectivity index (χ4n) is 2.19. The summed E-state index contributed by atoms with van der Waals surface area (Å²) in [6.45, 7) is 1.98. The molecule has 0 amide bonds. The summed E-state index contributed by atoms with van der Waals surface area (Å²) in [6.07, 6.45) is 5.78. The number of aryl methyl sites for hydroxylation is 4. The van der Waals surface area contributed by atoms with Gasteiger partial charge in [0.2, 0.25) is 0 Å². The lowest BCUT2D eigenvalue weighted by molar-refractivity contribution is 0.480. The number of nitrogens with zero attached hydrogens (tertiary/aromatic N) is 4. The molecule has 1 atom stereocenters. The summed E-state index contributed by atoms with van der Waals surface area (Å²) < 4.78 is 3.69. The van der Waals surface area contributed by atoms with Gasteiger partial charge in [-0.3, -0.25) is 20.6 Å². The first-order valence-electron chi connectivity index (χ1n) is 6.04. The van der Waals surface area contributed by atoms with E-state index in [4.69, 9.17) is 5.84 Å². The van der Waals surface area contributed by atoms with E-state index in [1.165, 1.54) is 5.56 Å². The van der Waals surface area contributed by atoms with Crippen LogP contribution in [0.2, 0.25) is 0 Å². The molecule has 0 aliphatic heterocycles. The van der Waals surface area contributed by atoms with Crippen LogP contribution in [0.1, 0.15) is 29.4 Å². The molecule has 18 heavy (non-hydrogen) atoms. The van der Waals surface area contributed by atoms with E-state index < -0.39 is 0 Å². The minimum atomic E-state index is 0.108. The maximum atomic E-state index is 5.64. The van der Waals surface area contributed by atoms with Crippen molar-refractivity contribution >= 4 is 0 Å². The van der Waals surface area contributed by atoms with Crippen LogP contribution >= 0.6 is 0 Å². The molecule has 2 aromatic rings. The van der Waals surface area contributed by atoms with E-state index in [1.807, 2.05) is 42.8 Å². The Morgan fingerprint density at radius 3 is 2.72 bits per heavy atom. The summed E-state index contributed by atoms with van der Waals surface area (Å²) in [6, 6.07) is 2.17. The molecule has 0 aliphatic carbocycles. The monoisotopic (exact) mass is 248 g/mol. The van der Waals surface area contributed by atoms with Crippen molar-refractivity contribution in [2.45, 2.75) is 25.8 Å². The Labute approximate surface area is 107 Å². The van der Waals surface area contributed by atoms with Crippen molar-refractivity contribution < 1.29 is 0 Å². The van der Waals surface area contributed by atoms with Gasteiger partial charge in [-0.15, -0.1) is 0 Å². The molecule has 98 valence electrons. The van der Waals surface area contributed by atoms with Crippen LogP contribution < -0.4 is 11.3 Å². The third-order valence-electron chi connectivity index (χ3n) is 3.08. The molecule has 0 saturated heterocycles. The average molecular weight is 248 g/mol. The van der Waals surface area contributed by atoms with Crippen molar-refractivity contribution in [1.29, 1.82) is 0 Å². The lowest BCUT2D eigenvalue weighted by Crippen LogP contribution is -2.29. The SMILES string of the molecule is Cc1cc(C(CCc2cnn(C)c2)NN)n(C)n1. The van der Waals surface area contributed by atoms with Gasteiger partial charge in [0.25, 0.3) is 0 Å². The van der Waals surface area contributed by atoms with Gasteiger partial charge < -0.3 is 0 Å².